The van der Waals surface area contributed by atoms with Crippen LogP contribution in [0.4, 0.5) is 10.1 Å². The number of carbonyl (C=O) groups is 1. The number of anilines is 1. The number of aromatic nitrogens is 2. The van der Waals surface area contributed by atoms with Crippen molar-refractivity contribution in [1.82, 2.24) is 15.1 Å². The molecule has 6 nitrogen and oxygen atoms in total. The van der Waals surface area contributed by atoms with E-state index in [0.717, 1.165) is 35.3 Å². The smallest absolute Gasteiger partial charge is 0.274 e. The molecule has 0 radical (unpaired) electrons. The van der Waals surface area contributed by atoms with Crippen molar-refractivity contribution < 1.29 is 10.6 Å². The second kappa shape index (κ2) is 11.0. The van der Waals surface area contributed by atoms with Gasteiger partial charge in [0.15, 0.2) is 0 Å². The molecule has 5 rings (SSSR count). The Morgan fingerprint density at radius 3 is 2.68 bits per heavy atom. The minimum absolute atomic E-state index is 0. The molecule has 4 aromatic rings. The average Bonchev–Trinajstić information content (AvgIpc) is 3.69. The third kappa shape index (κ3) is 5.66. The molecule has 194 valence electrons. The first-order valence-corrected chi connectivity index (χ1v) is 13.0. The van der Waals surface area contributed by atoms with Gasteiger partial charge in [0.1, 0.15) is 11.5 Å². The van der Waals surface area contributed by atoms with E-state index in [1.165, 1.54) is 18.9 Å². The van der Waals surface area contributed by atoms with Gasteiger partial charge in [-0.15, -0.1) is 0 Å². The highest BCUT2D eigenvalue weighted by Gasteiger charge is 2.25. The maximum atomic E-state index is 15.0. The van der Waals surface area contributed by atoms with Crippen molar-refractivity contribution in [3.8, 4) is 11.8 Å². The van der Waals surface area contributed by atoms with E-state index in [9.17, 15) is 14.4 Å². The average molecular weight is 510 g/mol. The van der Waals surface area contributed by atoms with Gasteiger partial charge in [-0.1, -0.05) is 37.3 Å². The van der Waals surface area contributed by atoms with E-state index in [0.29, 0.717) is 22.9 Å². The highest BCUT2D eigenvalue weighted by Crippen LogP contribution is 2.31. The number of hydrogen-bond donors (Lipinski definition) is 2. The fraction of sp³-hybridized carbons (Fsp3) is 0.258. The van der Waals surface area contributed by atoms with Gasteiger partial charge in [0.2, 0.25) is 0 Å². The number of aryl methyl sites for hydroxylation is 2. The SMILES string of the molecule is CCc1cccc(-n2nc(C)cc2C(=O)Nc2cc([C@H](NCC3CC3)c3cccc(C#N)c3)ccc2F)c1.[HH]. The number of nitrogens with zero attached hydrogens (tertiary/aromatic N) is 3. The predicted octanol–water partition coefficient (Wildman–Crippen LogP) is 6.34. The molecule has 3 aromatic carbocycles. The molecule has 1 aliphatic carbocycles. The third-order valence-corrected chi connectivity index (χ3v) is 6.86. The maximum absolute atomic E-state index is 15.0. The number of halogens is 1. The van der Waals surface area contributed by atoms with Gasteiger partial charge in [-0.2, -0.15) is 10.4 Å². The summed E-state index contributed by atoms with van der Waals surface area (Å²) in [6, 6.07) is 23.7. The minimum Gasteiger partial charge on any atom is -0.318 e. The van der Waals surface area contributed by atoms with Crippen LogP contribution in [0.3, 0.4) is 0 Å². The highest BCUT2D eigenvalue weighted by molar-refractivity contribution is 6.03. The molecular weight excluding hydrogens is 477 g/mol. The molecule has 7 heteroatoms. The van der Waals surface area contributed by atoms with E-state index in [-0.39, 0.29) is 13.2 Å². The number of rotatable bonds is 9. The highest BCUT2D eigenvalue weighted by atomic mass is 19.1. The molecule has 1 fully saturated rings. The summed E-state index contributed by atoms with van der Waals surface area (Å²) < 4.78 is 16.6. The van der Waals surface area contributed by atoms with Gasteiger partial charge in [0, 0.05) is 1.43 Å². The van der Waals surface area contributed by atoms with Gasteiger partial charge in [0.25, 0.3) is 5.91 Å². The van der Waals surface area contributed by atoms with E-state index in [1.807, 2.05) is 49.4 Å². The molecule has 0 saturated heterocycles. The summed E-state index contributed by atoms with van der Waals surface area (Å²) >= 11 is 0. The van der Waals surface area contributed by atoms with Gasteiger partial charge in [-0.25, -0.2) is 9.07 Å². The Morgan fingerprint density at radius 1 is 1.13 bits per heavy atom. The van der Waals surface area contributed by atoms with Crippen molar-refractivity contribution in [1.29, 1.82) is 5.26 Å². The van der Waals surface area contributed by atoms with Crippen LogP contribution in [0.15, 0.2) is 72.8 Å². The van der Waals surface area contributed by atoms with Crippen molar-refractivity contribution in [3.05, 3.63) is 112 Å². The molecule has 1 aromatic heterocycles. The number of hydrogen-bond acceptors (Lipinski definition) is 4. The summed E-state index contributed by atoms with van der Waals surface area (Å²) in [5, 5.41) is 20.3. The molecule has 0 bridgehead atoms. The van der Waals surface area contributed by atoms with Crippen LogP contribution in [0.25, 0.3) is 5.69 Å². The maximum Gasteiger partial charge on any atom is 0.274 e. The largest absolute Gasteiger partial charge is 0.318 e. The molecule has 0 unspecified atom stereocenters. The quantitative estimate of drug-likeness (QED) is 0.276. The van der Waals surface area contributed by atoms with Gasteiger partial charge in [0.05, 0.1) is 34.7 Å². The molecule has 38 heavy (non-hydrogen) atoms. The fourth-order valence-corrected chi connectivity index (χ4v) is 4.59. The summed E-state index contributed by atoms with van der Waals surface area (Å²) in [4.78, 5) is 13.4. The lowest BCUT2D eigenvalue weighted by Crippen LogP contribution is -2.25. The number of benzene rings is 3. The van der Waals surface area contributed by atoms with E-state index in [1.54, 1.807) is 28.9 Å². The summed E-state index contributed by atoms with van der Waals surface area (Å²) in [5.74, 6) is -0.340. The molecule has 1 saturated carbocycles. The van der Waals surface area contributed by atoms with Crippen LogP contribution in [-0.4, -0.2) is 22.2 Å². The number of amides is 1. The topological polar surface area (TPSA) is 82.7 Å². The first-order chi connectivity index (χ1) is 18.4. The summed E-state index contributed by atoms with van der Waals surface area (Å²) in [7, 11) is 0. The number of carbonyl (C=O) groups excluding carboxylic acids is 1. The van der Waals surface area contributed by atoms with E-state index in [2.05, 4.69) is 28.7 Å². The Balaban J connectivity index is 0.00000353. The lowest BCUT2D eigenvalue weighted by atomic mass is 9.96. The van der Waals surface area contributed by atoms with Gasteiger partial charge in [-0.3, -0.25) is 4.79 Å². The molecule has 1 aliphatic rings. The number of nitrogens with one attached hydrogen (secondary N) is 2. The monoisotopic (exact) mass is 509 g/mol. The van der Waals surface area contributed by atoms with Crippen molar-refractivity contribution in [2.45, 2.75) is 39.2 Å². The van der Waals surface area contributed by atoms with Crippen LogP contribution in [0.1, 0.15) is 65.7 Å². The number of nitriles is 1. The first-order valence-electron chi connectivity index (χ1n) is 13.0. The zero-order chi connectivity index (χ0) is 26.6. The molecule has 0 aliphatic heterocycles. The van der Waals surface area contributed by atoms with Crippen LogP contribution in [0, 0.1) is 30.0 Å². The Hall–Kier alpha value is -4.28. The van der Waals surface area contributed by atoms with Gasteiger partial charge >= 0.3 is 0 Å². The third-order valence-electron chi connectivity index (χ3n) is 6.86. The van der Waals surface area contributed by atoms with Crippen molar-refractivity contribution >= 4 is 11.6 Å². The summed E-state index contributed by atoms with van der Waals surface area (Å²) in [6.07, 6.45) is 3.24. The van der Waals surface area contributed by atoms with Crippen LogP contribution < -0.4 is 10.6 Å². The minimum atomic E-state index is -0.524. The molecule has 0 spiro atoms. The van der Waals surface area contributed by atoms with Crippen LogP contribution >= 0.6 is 0 Å². The predicted molar refractivity (Wildman–Crippen MR) is 148 cm³/mol. The van der Waals surface area contributed by atoms with Gasteiger partial charge in [-0.05, 0) is 97.8 Å². The van der Waals surface area contributed by atoms with Crippen molar-refractivity contribution in [2.75, 3.05) is 11.9 Å². The normalized spacial score (nSPS) is 13.6. The standard InChI is InChI=1S/C31H30FN5O.H2/c1-3-21-6-5-9-26(16-21)37-29(14-20(2)36-37)31(38)35-28-17-25(12-13-27(28)32)30(34-19-22-10-11-22)24-8-4-7-23(15-24)18-33;/h4-9,12-17,22,30,34H,3,10-11,19H2,1-2H3,(H,35,38);1H/t30-;/m1./s1. The fourth-order valence-electron chi connectivity index (χ4n) is 4.59. The second-order valence-corrected chi connectivity index (χ2v) is 9.82. The Bertz CT molecular complexity index is 1520. The van der Waals surface area contributed by atoms with Crippen LogP contribution in [0.2, 0.25) is 0 Å². The lowest BCUT2D eigenvalue weighted by Gasteiger charge is -2.21. The zero-order valence-electron chi connectivity index (χ0n) is 21.5. The first kappa shape index (κ1) is 25.4. The molecule has 1 atom stereocenters. The molecule has 2 N–H and O–H groups in total. The lowest BCUT2D eigenvalue weighted by molar-refractivity contribution is 0.101. The van der Waals surface area contributed by atoms with E-state index >= 15 is 0 Å². The van der Waals surface area contributed by atoms with Crippen molar-refractivity contribution in [3.63, 3.8) is 0 Å². The second-order valence-electron chi connectivity index (χ2n) is 9.82. The zero-order valence-corrected chi connectivity index (χ0v) is 21.5. The van der Waals surface area contributed by atoms with Crippen LogP contribution in [-0.2, 0) is 6.42 Å². The molecule has 1 amide bonds. The van der Waals surface area contributed by atoms with Crippen LogP contribution in [0.5, 0.6) is 0 Å². The molecule has 1 heterocycles. The molecular formula is C31H32FN5O. The Morgan fingerprint density at radius 2 is 1.92 bits per heavy atom. The van der Waals surface area contributed by atoms with E-state index < -0.39 is 11.7 Å². The van der Waals surface area contributed by atoms with Crippen molar-refractivity contribution in [2.24, 2.45) is 5.92 Å². The Kier molecular flexibility index (Phi) is 7.34. The van der Waals surface area contributed by atoms with E-state index in [4.69, 9.17) is 0 Å². The van der Waals surface area contributed by atoms with Gasteiger partial charge < -0.3 is 10.6 Å². The summed E-state index contributed by atoms with van der Waals surface area (Å²) in [6.45, 7) is 4.72. The summed E-state index contributed by atoms with van der Waals surface area (Å²) in [5.41, 5.74) is 5.29. The Labute approximate surface area is 223 Å².